The smallest absolute Gasteiger partial charge is 0.363 e. The van der Waals surface area contributed by atoms with Gasteiger partial charge in [-0.15, -0.1) is 0 Å². The van der Waals surface area contributed by atoms with Crippen molar-refractivity contribution in [1.82, 2.24) is 0 Å². The molecule has 4 rings (SSSR count). The first-order chi connectivity index (χ1) is 15.4. The number of halogens is 3. The first-order valence-corrected chi connectivity index (χ1v) is 10.3. The molecule has 0 aromatic heterocycles. The fourth-order valence-corrected chi connectivity index (χ4v) is 3.61. The molecule has 0 radical (unpaired) electrons. The van der Waals surface area contributed by atoms with Crippen molar-refractivity contribution in [2.24, 2.45) is 4.99 Å². The molecule has 8 heteroatoms. The highest BCUT2D eigenvalue weighted by atomic mass is 79.9. The van der Waals surface area contributed by atoms with Crippen LogP contribution in [0.1, 0.15) is 16.7 Å². The van der Waals surface area contributed by atoms with Crippen molar-refractivity contribution in [2.45, 2.75) is 6.61 Å². The molecule has 3 aromatic rings. The van der Waals surface area contributed by atoms with Crippen molar-refractivity contribution >= 4 is 33.9 Å². The van der Waals surface area contributed by atoms with Gasteiger partial charge in [-0.05, 0) is 64.0 Å². The number of nitrogens with zero attached hydrogens (tertiary/aromatic N) is 1. The number of hydrogen-bond donors (Lipinski definition) is 0. The molecule has 0 bridgehead atoms. The first-order valence-electron chi connectivity index (χ1n) is 9.47. The maximum atomic E-state index is 13.9. The molecule has 5 nitrogen and oxygen atoms in total. The summed E-state index contributed by atoms with van der Waals surface area (Å²) in [5.41, 5.74) is 1.40. The number of cyclic esters (lactones) is 1. The lowest BCUT2D eigenvalue weighted by atomic mass is 10.1. The van der Waals surface area contributed by atoms with Gasteiger partial charge in [0.1, 0.15) is 18.2 Å². The van der Waals surface area contributed by atoms with Gasteiger partial charge >= 0.3 is 5.97 Å². The lowest BCUT2D eigenvalue weighted by Crippen LogP contribution is -2.05. The monoisotopic (exact) mass is 499 g/mol. The van der Waals surface area contributed by atoms with E-state index in [1.807, 2.05) is 0 Å². The number of hydrogen-bond acceptors (Lipinski definition) is 5. The average Bonchev–Trinajstić information content (AvgIpc) is 3.14. The van der Waals surface area contributed by atoms with Crippen molar-refractivity contribution in [1.29, 1.82) is 0 Å². The van der Waals surface area contributed by atoms with Gasteiger partial charge in [-0.2, -0.15) is 0 Å². The normalized spacial score (nSPS) is 14.3. The number of rotatable bonds is 6. The zero-order chi connectivity index (χ0) is 22.7. The maximum Gasteiger partial charge on any atom is 0.363 e. The van der Waals surface area contributed by atoms with Crippen LogP contribution in [0, 0.1) is 11.6 Å². The summed E-state index contributed by atoms with van der Waals surface area (Å²) in [7, 11) is 1.47. The van der Waals surface area contributed by atoms with E-state index in [2.05, 4.69) is 20.9 Å². The van der Waals surface area contributed by atoms with Gasteiger partial charge in [0.2, 0.25) is 5.90 Å². The number of aliphatic imine (C=N–C) groups is 1. The Morgan fingerprint density at radius 2 is 1.91 bits per heavy atom. The third-order valence-corrected chi connectivity index (χ3v) is 5.17. The number of esters is 1. The third-order valence-electron chi connectivity index (χ3n) is 4.58. The van der Waals surface area contributed by atoms with Crippen LogP contribution in [0.2, 0.25) is 0 Å². The minimum atomic E-state index is -0.653. The summed E-state index contributed by atoms with van der Waals surface area (Å²) in [4.78, 5) is 16.4. The summed E-state index contributed by atoms with van der Waals surface area (Å²) in [5, 5.41) is 0. The lowest BCUT2D eigenvalue weighted by molar-refractivity contribution is -0.129. The van der Waals surface area contributed by atoms with E-state index in [-0.39, 0.29) is 24.0 Å². The minimum Gasteiger partial charge on any atom is -0.493 e. The van der Waals surface area contributed by atoms with E-state index in [4.69, 9.17) is 14.2 Å². The molecule has 32 heavy (non-hydrogen) atoms. The highest BCUT2D eigenvalue weighted by Gasteiger charge is 2.25. The standard InChI is InChI=1S/C24H16BrF2NO4/c1-30-21-11-14(9-18(25)22(21)31-13-16-5-2-3-8-19(16)27)10-20-24(29)32-23(28-20)15-6-4-7-17(26)12-15/h2-12H,13H2,1H3/b20-10-. The van der Waals surface area contributed by atoms with Crippen LogP contribution in [-0.4, -0.2) is 19.0 Å². The zero-order valence-corrected chi connectivity index (χ0v) is 18.4. The van der Waals surface area contributed by atoms with Gasteiger partial charge in [-0.25, -0.2) is 18.6 Å². The molecule has 162 valence electrons. The Hall–Kier alpha value is -3.52. The summed E-state index contributed by atoms with van der Waals surface area (Å²) in [6.45, 7) is 0.00961. The van der Waals surface area contributed by atoms with Crippen LogP contribution in [0.25, 0.3) is 6.08 Å². The Bertz CT molecular complexity index is 1260. The average molecular weight is 500 g/mol. The second-order valence-corrected chi connectivity index (χ2v) is 7.61. The largest absolute Gasteiger partial charge is 0.493 e. The Balaban J connectivity index is 1.60. The molecule has 0 N–H and O–H groups in total. The fourth-order valence-electron chi connectivity index (χ4n) is 3.04. The topological polar surface area (TPSA) is 57.1 Å². The van der Waals surface area contributed by atoms with Gasteiger partial charge in [-0.3, -0.25) is 0 Å². The van der Waals surface area contributed by atoms with Gasteiger partial charge in [0.05, 0.1) is 11.6 Å². The van der Waals surface area contributed by atoms with E-state index in [0.717, 1.165) is 0 Å². The van der Waals surface area contributed by atoms with Gasteiger partial charge in [0.25, 0.3) is 0 Å². The summed E-state index contributed by atoms with van der Waals surface area (Å²) >= 11 is 3.43. The molecule has 1 aliphatic heterocycles. The SMILES string of the molecule is COc1cc(/C=C2\N=C(c3cccc(F)c3)OC2=O)cc(Br)c1OCc1ccccc1F. The van der Waals surface area contributed by atoms with Gasteiger partial charge < -0.3 is 14.2 Å². The number of carbonyl (C=O) groups excluding carboxylic acids is 1. The lowest BCUT2D eigenvalue weighted by Gasteiger charge is -2.14. The van der Waals surface area contributed by atoms with E-state index < -0.39 is 11.8 Å². The quantitative estimate of drug-likeness (QED) is 0.324. The number of ether oxygens (including phenoxy) is 3. The molecule has 0 fully saturated rings. The molecule has 0 spiro atoms. The molecule has 0 unspecified atom stereocenters. The van der Waals surface area contributed by atoms with E-state index in [0.29, 0.717) is 32.7 Å². The second-order valence-electron chi connectivity index (χ2n) is 6.76. The molecule has 3 aromatic carbocycles. The molecule has 1 heterocycles. The van der Waals surface area contributed by atoms with Gasteiger partial charge in [-0.1, -0.05) is 24.3 Å². The van der Waals surface area contributed by atoms with Crippen LogP contribution in [0.5, 0.6) is 11.5 Å². The van der Waals surface area contributed by atoms with Crippen LogP contribution in [-0.2, 0) is 16.1 Å². The summed E-state index contributed by atoms with van der Waals surface area (Å²) in [5.74, 6) is -0.691. The summed E-state index contributed by atoms with van der Waals surface area (Å²) < 4.78 is 44.2. The minimum absolute atomic E-state index is 0.00961. The maximum absolute atomic E-state index is 13.9. The second kappa shape index (κ2) is 9.32. The number of carbonyl (C=O) groups is 1. The molecule has 0 saturated heterocycles. The Morgan fingerprint density at radius 1 is 1.09 bits per heavy atom. The van der Waals surface area contributed by atoms with Crippen molar-refractivity contribution in [3.05, 3.63) is 99.2 Å². The van der Waals surface area contributed by atoms with Crippen LogP contribution in [0.3, 0.4) is 0 Å². The van der Waals surface area contributed by atoms with E-state index >= 15 is 0 Å². The van der Waals surface area contributed by atoms with E-state index in [1.165, 1.54) is 37.5 Å². The molecular weight excluding hydrogens is 484 g/mol. The molecule has 1 aliphatic rings. The summed E-state index contributed by atoms with van der Waals surface area (Å²) in [6.07, 6.45) is 1.52. The van der Waals surface area contributed by atoms with Gasteiger partial charge in [0.15, 0.2) is 17.2 Å². The molecular formula is C24H16BrF2NO4. The predicted octanol–water partition coefficient (Wildman–Crippen LogP) is 5.66. The Kier molecular flexibility index (Phi) is 6.32. The zero-order valence-electron chi connectivity index (χ0n) is 16.8. The van der Waals surface area contributed by atoms with Crippen molar-refractivity contribution < 1.29 is 27.8 Å². The summed E-state index contributed by atoms with van der Waals surface area (Å²) in [6, 6.07) is 15.3. The van der Waals surface area contributed by atoms with Crippen LogP contribution in [0.4, 0.5) is 8.78 Å². The fraction of sp³-hybridized carbons (Fsp3) is 0.0833. The van der Waals surface area contributed by atoms with Crippen LogP contribution in [0.15, 0.2) is 75.8 Å². The number of benzene rings is 3. The molecule has 0 atom stereocenters. The highest BCUT2D eigenvalue weighted by Crippen LogP contribution is 2.38. The first kappa shape index (κ1) is 21.7. The number of methoxy groups -OCH3 is 1. The van der Waals surface area contributed by atoms with Crippen LogP contribution < -0.4 is 9.47 Å². The predicted molar refractivity (Wildman–Crippen MR) is 118 cm³/mol. The molecule has 0 amide bonds. The van der Waals surface area contributed by atoms with Gasteiger partial charge in [0, 0.05) is 11.1 Å². The third kappa shape index (κ3) is 4.70. The van der Waals surface area contributed by atoms with Crippen LogP contribution >= 0.6 is 15.9 Å². The highest BCUT2D eigenvalue weighted by molar-refractivity contribution is 9.10. The van der Waals surface area contributed by atoms with E-state index in [9.17, 15) is 13.6 Å². The van der Waals surface area contributed by atoms with E-state index in [1.54, 1.807) is 36.4 Å². The van der Waals surface area contributed by atoms with Crippen molar-refractivity contribution in [2.75, 3.05) is 7.11 Å². The molecule has 0 saturated carbocycles. The molecule has 0 aliphatic carbocycles. The Morgan fingerprint density at radius 3 is 2.66 bits per heavy atom. The Labute approximate surface area is 191 Å². The van der Waals surface area contributed by atoms with Crippen molar-refractivity contribution in [3.63, 3.8) is 0 Å². The van der Waals surface area contributed by atoms with Crippen molar-refractivity contribution in [3.8, 4) is 11.5 Å².